The average Bonchev–Trinajstić information content (AvgIpc) is 2.89. The molecule has 3 heterocycles. The fourth-order valence-corrected chi connectivity index (χ4v) is 3.43. The summed E-state index contributed by atoms with van der Waals surface area (Å²) >= 11 is 0. The van der Waals surface area contributed by atoms with Crippen LogP contribution in [0.1, 0.15) is 29.0 Å². The van der Waals surface area contributed by atoms with Gasteiger partial charge in [-0.2, -0.15) is 5.10 Å². The molecule has 2 aliphatic rings. The molecule has 3 rings (SSSR count). The molecule has 0 N–H and O–H groups in total. The molecule has 0 aromatic carbocycles. The van der Waals surface area contributed by atoms with Crippen LogP contribution < -0.4 is 0 Å². The van der Waals surface area contributed by atoms with E-state index in [2.05, 4.69) is 5.10 Å². The molecule has 2 amide bonds. The van der Waals surface area contributed by atoms with Gasteiger partial charge in [0.25, 0.3) is 5.91 Å². The van der Waals surface area contributed by atoms with Crippen LogP contribution in [0.2, 0.25) is 0 Å². The monoisotopic (exact) mass is 276 g/mol. The fourth-order valence-electron chi connectivity index (χ4n) is 3.43. The first kappa shape index (κ1) is 13.1. The molecule has 0 spiro atoms. The van der Waals surface area contributed by atoms with Crippen molar-refractivity contribution in [2.75, 3.05) is 20.1 Å². The van der Waals surface area contributed by atoms with E-state index in [-0.39, 0.29) is 23.8 Å². The van der Waals surface area contributed by atoms with Crippen LogP contribution in [-0.2, 0) is 11.8 Å². The normalized spacial score (nSPS) is 26.1. The van der Waals surface area contributed by atoms with Crippen LogP contribution >= 0.6 is 0 Å². The molecule has 1 aromatic rings. The number of amides is 2. The molecule has 0 radical (unpaired) electrons. The summed E-state index contributed by atoms with van der Waals surface area (Å²) in [5.41, 5.74) is 1.44. The van der Waals surface area contributed by atoms with Gasteiger partial charge in [-0.15, -0.1) is 0 Å². The summed E-state index contributed by atoms with van der Waals surface area (Å²) in [7, 11) is 3.60. The van der Waals surface area contributed by atoms with Crippen LogP contribution in [0.4, 0.5) is 0 Å². The fraction of sp³-hybridized carbons (Fsp3) is 0.643. The second-order valence-electron chi connectivity index (χ2n) is 5.83. The smallest absolute Gasteiger partial charge is 0.272 e. The molecule has 108 valence electrons. The number of hydrogen-bond acceptors (Lipinski definition) is 3. The second-order valence-corrected chi connectivity index (χ2v) is 5.83. The highest BCUT2D eigenvalue weighted by atomic mass is 16.2. The number of piperidine rings is 1. The van der Waals surface area contributed by atoms with Gasteiger partial charge < -0.3 is 9.80 Å². The van der Waals surface area contributed by atoms with E-state index in [9.17, 15) is 9.59 Å². The number of likely N-dealkylation sites (tertiary alicyclic amines) is 2. The summed E-state index contributed by atoms with van der Waals surface area (Å²) in [4.78, 5) is 28.4. The topological polar surface area (TPSA) is 58.4 Å². The Hall–Kier alpha value is -1.85. The van der Waals surface area contributed by atoms with Gasteiger partial charge in [-0.05, 0) is 25.8 Å². The van der Waals surface area contributed by atoms with Crippen molar-refractivity contribution in [3.05, 3.63) is 17.5 Å². The highest BCUT2D eigenvalue weighted by Gasteiger charge is 2.45. The predicted octanol–water partition coefficient (Wildman–Crippen LogP) is 0.421. The van der Waals surface area contributed by atoms with E-state index in [1.165, 1.54) is 0 Å². The van der Waals surface area contributed by atoms with Gasteiger partial charge in [0.05, 0.1) is 17.7 Å². The maximum absolute atomic E-state index is 12.7. The summed E-state index contributed by atoms with van der Waals surface area (Å²) in [6.45, 7) is 3.25. The van der Waals surface area contributed by atoms with Crippen LogP contribution in [0.25, 0.3) is 0 Å². The molecule has 2 fully saturated rings. The van der Waals surface area contributed by atoms with Gasteiger partial charge in [0.1, 0.15) is 5.69 Å². The Morgan fingerprint density at radius 2 is 2.15 bits per heavy atom. The van der Waals surface area contributed by atoms with Crippen molar-refractivity contribution in [1.82, 2.24) is 19.6 Å². The van der Waals surface area contributed by atoms with Crippen molar-refractivity contribution in [2.24, 2.45) is 13.0 Å². The zero-order valence-electron chi connectivity index (χ0n) is 12.2. The number of aryl methyl sites for hydroxylation is 2. The molecule has 6 nitrogen and oxygen atoms in total. The van der Waals surface area contributed by atoms with Crippen molar-refractivity contribution < 1.29 is 9.59 Å². The Bertz CT molecular complexity index is 566. The summed E-state index contributed by atoms with van der Waals surface area (Å²) in [6, 6.07) is 1.83. The lowest BCUT2D eigenvalue weighted by molar-refractivity contribution is -0.130. The van der Waals surface area contributed by atoms with Crippen molar-refractivity contribution in [1.29, 1.82) is 0 Å². The molecule has 6 heteroatoms. The van der Waals surface area contributed by atoms with Crippen molar-refractivity contribution in [3.8, 4) is 0 Å². The van der Waals surface area contributed by atoms with E-state index in [0.29, 0.717) is 12.2 Å². The Morgan fingerprint density at radius 3 is 2.80 bits per heavy atom. The molecular weight excluding hydrogens is 256 g/mol. The number of fused-ring (bicyclic) bond motifs is 1. The van der Waals surface area contributed by atoms with Gasteiger partial charge in [0.15, 0.2) is 0 Å². The molecule has 2 aliphatic heterocycles. The van der Waals surface area contributed by atoms with E-state index in [4.69, 9.17) is 0 Å². The van der Waals surface area contributed by atoms with Crippen molar-refractivity contribution in [3.63, 3.8) is 0 Å². The van der Waals surface area contributed by atoms with E-state index in [1.807, 2.05) is 24.9 Å². The number of likely N-dealkylation sites (N-methyl/N-ethyl adjacent to an activating group) is 1. The molecular formula is C14H20N4O2. The SMILES string of the molecule is Cc1cc(C(=O)N2CCC[C@H]3C(=O)N(C)C[C@H]32)n(C)n1. The average molecular weight is 276 g/mol. The summed E-state index contributed by atoms with van der Waals surface area (Å²) < 4.78 is 1.63. The summed E-state index contributed by atoms with van der Waals surface area (Å²) in [6.07, 6.45) is 1.78. The lowest BCUT2D eigenvalue weighted by atomic mass is 9.91. The Balaban J connectivity index is 1.88. The Morgan fingerprint density at radius 1 is 1.40 bits per heavy atom. The first-order valence-electron chi connectivity index (χ1n) is 7.05. The third-order valence-corrected chi connectivity index (χ3v) is 4.42. The predicted molar refractivity (Wildman–Crippen MR) is 73.1 cm³/mol. The van der Waals surface area contributed by atoms with E-state index >= 15 is 0 Å². The van der Waals surface area contributed by atoms with E-state index in [1.54, 1.807) is 16.6 Å². The maximum atomic E-state index is 12.7. The molecule has 2 saturated heterocycles. The number of carbonyl (C=O) groups excluding carboxylic acids is 2. The van der Waals surface area contributed by atoms with Gasteiger partial charge in [-0.25, -0.2) is 0 Å². The van der Waals surface area contributed by atoms with Crippen LogP contribution in [0.3, 0.4) is 0 Å². The maximum Gasteiger partial charge on any atom is 0.272 e. The van der Waals surface area contributed by atoms with Crippen LogP contribution in [-0.4, -0.2) is 57.6 Å². The highest BCUT2D eigenvalue weighted by molar-refractivity contribution is 5.94. The van der Waals surface area contributed by atoms with E-state index in [0.717, 1.165) is 25.1 Å². The second kappa shape index (κ2) is 4.61. The zero-order valence-corrected chi connectivity index (χ0v) is 12.2. The third kappa shape index (κ3) is 1.90. The first-order valence-corrected chi connectivity index (χ1v) is 7.05. The van der Waals surface area contributed by atoms with Gasteiger partial charge in [-0.3, -0.25) is 14.3 Å². The number of carbonyl (C=O) groups is 2. The molecule has 2 atom stereocenters. The lowest BCUT2D eigenvalue weighted by Gasteiger charge is -2.35. The molecule has 0 bridgehead atoms. The van der Waals surface area contributed by atoms with Gasteiger partial charge in [0, 0.05) is 27.2 Å². The summed E-state index contributed by atoms with van der Waals surface area (Å²) in [5.74, 6) is 0.145. The van der Waals surface area contributed by atoms with Gasteiger partial charge in [0.2, 0.25) is 5.91 Å². The molecule has 0 unspecified atom stereocenters. The Labute approximate surface area is 118 Å². The Kier molecular flexibility index (Phi) is 3.03. The minimum Gasteiger partial charge on any atom is -0.343 e. The minimum atomic E-state index is -0.0213. The number of nitrogens with zero attached hydrogens (tertiary/aromatic N) is 4. The van der Waals surface area contributed by atoms with Crippen LogP contribution in [0.15, 0.2) is 6.07 Å². The van der Waals surface area contributed by atoms with Crippen LogP contribution in [0, 0.1) is 12.8 Å². The zero-order chi connectivity index (χ0) is 14.4. The standard InChI is InChI=1S/C14H20N4O2/c1-9-7-11(17(3)15-9)14(20)18-6-4-5-10-12(18)8-16(2)13(10)19/h7,10,12H,4-6,8H2,1-3H3/t10-,12-/m1/s1. The molecule has 0 saturated carbocycles. The third-order valence-electron chi connectivity index (χ3n) is 4.42. The van der Waals surface area contributed by atoms with Crippen LogP contribution in [0.5, 0.6) is 0 Å². The van der Waals surface area contributed by atoms with Gasteiger partial charge >= 0.3 is 0 Å². The molecule has 0 aliphatic carbocycles. The number of aromatic nitrogens is 2. The molecule has 20 heavy (non-hydrogen) atoms. The quantitative estimate of drug-likeness (QED) is 0.747. The number of hydrogen-bond donors (Lipinski definition) is 0. The molecule has 1 aromatic heterocycles. The number of rotatable bonds is 1. The van der Waals surface area contributed by atoms with Crippen molar-refractivity contribution in [2.45, 2.75) is 25.8 Å². The largest absolute Gasteiger partial charge is 0.343 e. The van der Waals surface area contributed by atoms with E-state index < -0.39 is 0 Å². The minimum absolute atomic E-state index is 0.00843. The van der Waals surface area contributed by atoms with Crippen molar-refractivity contribution >= 4 is 11.8 Å². The summed E-state index contributed by atoms with van der Waals surface area (Å²) in [5, 5.41) is 4.23. The van der Waals surface area contributed by atoms with Gasteiger partial charge in [-0.1, -0.05) is 0 Å². The highest BCUT2D eigenvalue weighted by Crippen LogP contribution is 2.31. The lowest BCUT2D eigenvalue weighted by Crippen LogP contribution is -2.49. The first-order chi connectivity index (χ1) is 9.49.